The maximum atomic E-state index is 12.8. The van der Waals surface area contributed by atoms with Crippen LogP contribution >= 0.6 is 0 Å². The van der Waals surface area contributed by atoms with E-state index in [4.69, 9.17) is 15.0 Å². The van der Waals surface area contributed by atoms with Gasteiger partial charge in [0, 0.05) is 0 Å². The van der Waals surface area contributed by atoms with Crippen molar-refractivity contribution in [2.45, 2.75) is 37.8 Å². The molecule has 6 nitrogen and oxygen atoms in total. The second-order valence-corrected chi connectivity index (χ2v) is 5.57. The number of halogens is 1. The number of hydrogen-bond donors (Lipinski definition) is 1. The van der Waals surface area contributed by atoms with Crippen molar-refractivity contribution < 1.29 is 13.7 Å². The molecule has 2 N–H and O–H groups in total. The van der Waals surface area contributed by atoms with Crippen molar-refractivity contribution in [2.24, 2.45) is 5.73 Å². The summed E-state index contributed by atoms with van der Waals surface area (Å²) < 4.78 is 23.7. The quantitative estimate of drug-likeness (QED) is 0.907. The molecule has 7 heteroatoms. The fourth-order valence-corrected chi connectivity index (χ4v) is 1.95. The predicted octanol–water partition coefficient (Wildman–Crippen LogP) is 2.01. The van der Waals surface area contributed by atoms with E-state index in [0.717, 1.165) is 19.0 Å². The zero-order chi connectivity index (χ0) is 14.9. The summed E-state index contributed by atoms with van der Waals surface area (Å²) in [6.07, 6.45) is 4.74. The van der Waals surface area contributed by atoms with Gasteiger partial charge in [-0.15, -0.1) is 0 Å². The highest BCUT2D eigenvalue weighted by Gasteiger charge is 2.30. The van der Waals surface area contributed by atoms with Gasteiger partial charge in [0.1, 0.15) is 17.1 Å². The van der Waals surface area contributed by atoms with Crippen LogP contribution in [0.15, 0.2) is 22.9 Å². The summed E-state index contributed by atoms with van der Waals surface area (Å²) in [6.45, 7) is 2.12. The topological polar surface area (TPSA) is 87.1 Å². The van der Waals surface area contributed by atoms with E-state index in [-0.39, 0.29) is 12.0 Å². The molecule has 1 saturated carbocycles. The lowest BCUT2D eigenvalue weighted by Crippen LogP contribution is -2.41. The van der Waals surface area contributed by atoms with Gasteiger partial charge in [0.2, 0.25) is 0 Å². The zero-order valence-corrected chi connectivity index (χ0v) is 11.8. The van der Waals surface area contributed by atoms with Crippen LogP contribution in [0.4, 0.5) is 4.39 Å². The SMILES string of the molecule is CC(N)(COC1CCC1)c1noc(-c2ccc(F)cn2)n1. The first-order chi connectivity index (χ1) is 10.0. The van der Waals surface area contributed by atoms with E-state index >= 15 is 0 Å². The molecule has 1 atom stereocenters. The fraction of sp³-hybridized carbons (Fsp3) is 0.500. The number of aromatic nitrogens is 3. The van der Waals surface area contributed by atoms with Gasteiger partial charge >= 0.3 is 0 Å². The van der Waals surface area contributed by atoms with E-state index in [2.05, 4.69) is 15.1 Å². The first-order valence-corrected chi connectivity index (χ1v) is 6.91. The van der Waals surface area contributed by atoms with Gasteiger partial charge in [-0.2, -0.15) is 4.98 Å². The van der Waals surface area contributed by atoms with Crippen molar-refractivity contribution in [1.29, 1.82) is 0 Å². The van der Waals surface area contributed by atoms with E-state index < -0.39 is 11.4 Å². The highest BCUT2D eigenvalue weighted by Crippen LogP contribution is 2.25. The summed E-state index contributed by atoms with van der Waals surface area (Å²) >= 11 is 0. The number of nitrogens with two attached hydrogens (primary N) is 1. The van der Waals surface area contributed by atoms with Crippen LogP contribution in [0.1, 0.15) is 32.0 Å². The molecule has 2 aromatic rings. The molecule has 0 amide bonds. The standard InChI is InChI=1S/C14H17FN4O2/c1-14(16,8-20-10-3-2-4-10)13-18-12(21-19-13)11-6-5-9(15)7-17-11/h5-7,10H,2-4,8,16H2,1H3. The Morgan fingerprint density at radius 1 is 1.48 bits per heavy atom. The van der Waals surface area contributed by atoms with Crippen LogP contribution < -0.4 is 5.73 Å². The molecule has 1 unspecified atom stereocenters. The third-order valence-corrected chi connectivity index (χ3v) is 3.55. The lowest BCUT2D eigenvalue weighted by molar-refractivity contribution is -0.0222. The van der Waals surface area contributed by atoms with E-state index in [0.29, 0.717) is 18.1 Å². The zero-order valence-electron chi connectivity index (χ0n) is 11.8. The molecule has 0 spiro atoms. The van der Waals surface area contributed by atoms with Crippen molar-refractivity contribution >= 4 is 0 Å². The van der Waals surface area contributed by atoms with Gasteiger partial charge < -0.3 is 15.0 Å². The Kier molecular flexibility index (Phi) is 3.69. The molecule has 2 heterocycles. The molecule has 1 aliphatic carbocycles. The van der Waals surface area contributed by atoms with Crippen LogP contribution in [0.2, 0.25) is 0 Å². The van der Waals surface area contributed by atoms with Crippen LogP contribution in [0.25, 0.3) is 11.6 Å². The smallest absolute Gasteiger partial charge is 0.276 e. The average Bonchev–Trinajstić information content (AvgIpc) is 2.88. The molecule has 2 aromatic heterocycles. The summed E-state index contributed by atoms with van der Waals surface area (Å²) in [5.74, 6) is 0.143. The van der Waals surface area contributed by atoms with E-state index in [1.54, 1.807) is 6.92 Å². The molecule has 0 bridgehead atoms. The molecular formula is C14H17FN4O2. The van der Waals surface area contributed by atoms with Gasteiger partial charge in [-0.25, -0.2) is 9.37 Å². The van der Waals surface area contributed by atoms with E-state index in [1.165, 1.54) is 18.6 Å². The molecule has 0 aliphatic heterocycles. The molecule has 1 aliphatic rings. The number of nitrogens with zero attached hydrogens (tertiary/aromatic N) is 3. The molecular weight excluding hydrogens is 275 g/mol. The minimum Gasteiger partial charge on any atom is -0.376 e. The van der Waals surface area contributed by atoms with Crippen molar-refractivity contribution in [1.82, 2.24) is 15.1 Å². The lowest BCUT2D eigenvalue weighted by atomic mass is 9.95. The number of pyridine rings is 1. The van der Waals surface area contributed by atoms with E-state index in [9.17, 15) is 4.39 Å². The van der Waals surface area contributed by atoms with Crippen molar-refractivity contribution in [3.05, 3.63) is 30.0 Å². The maximum Gasteiger partial charge on any atom is 0.276 e. The third kappa shape index (κ3) is 3.08. The Bertz CT molecular complexity index is 608. The molecule has 1 fully saturated rings. The number of hydrogen-bond acceptors (Lipinski definition) is 6. The maximum absolute atomic E-state index is 12.8. The largest absolute Gasteiger partial charge is 0.376 e. The first-order valence-electron chi connectivity index (χ1n) is 6.91. The summed E-state index contributed by atoms with van der Waals surface area (Å²) in [4.78, 5) is 8.13. The highest BCUT2D eigenvalue weighted by molar-refractivity contribution is 5.45. The van der Waals surface area contributed by atoms with Gasteiger partial charge in [0.05, 0.1) is 18.9 Å². The second kappa shape index (κ2) is 5.50. The minimum absolute atomic E-state index is 0.213. The van der Waals surface area contributed by atoms with Gasteiger partial charge in [-0.1, -0.05) is 5.16 Å². The molecule has 3 rings (SSSR count). The fourth-order valence-electron chi connectivity index (χ4n) is 1.95. The van der Waals surface area contributed by atoms with Crippen LogP contribution in [-0.2, 0) is 10.3 Å². The Labute approximate surface area is 121 Å². The van der Waals surface area contributed by atoms with Gasteiger partial charge in [0.25, 0.3) is 5.89 Å². The Hall–Kier alpha value is -1.86. The Balaban J connectivity index is 1.71. The Morgan fingerprint density at radius 3 is 2.90 bits per heavy atom. The summed E-state index contributed by atoms with van der Waals surface area (Å²) in [6, 6.07) is 2.76. The first kappa shape index (κ1) is 14.1. The van der Waals surface area contributed by atoms with Crippen molar-refractivity contribution in [3.63, 3.8) is 0 Å². The summed E-state index contributed by atoms with van der Waals surface area (Å²) in [5.41, 5.74) is 5.76. The van der Waals surface area contributed by atoms with Gasteiger partial charge in [0.15, 0.2) is 5.82 Å². The van der Waals surface area contributed by atoms with Crippen molar-refractivity contribution in [3.8, 4) is 11.6 Å². The monoisotopic (exact) mass is 292 g/mol. The van der Waals surface area contributed by atoms with Crippen LogP contribution in [0, 0.1) is 5.82 Å². The Morgan fingerprint density at radius 2 is 2.29 bits per heavy atom. The molecule has 0 saturated heterocycles. The van der Waals surface area contributed by atoms with Crippen LogP contribution in [0.3, 0.4) is 0 Å². The van der Waals surface area contributed by atoms with Crippen LogP contribution in [-0.4, -0.2) is 27.8 Å². The van der Waals surface area contributed by atoms with Crippen LogP contribution in [0.5, 0.6) is 0 Å². The number of ether oxygens (including phenoxy) is 1. The summed E-state index contributed by atoms with van der Waals surface area (Å²) in [7, 11) is 0. The third-order valence-electron chi connectivity index (χ3n) is 3.55. The predicted molar refractivity (Wildman–Crippen MR) is 72.6 cm³/mol. The molecule has 0 radical (unpaired) electrons. The molecule has 21 heavy (non-hydrogen) atoms. The second-order valence-electron chi connectivity index (χ2n) is 5.57. The minimum atomic E-state index is -0.836. The number of rotatable bonds is 5. The summed E-state index contributed by atoms with van der Waals surface area (Å²) in [5, 5.41) is 3.88. The average molecular weight is 292 g/mol. The normalized spacial score (nSPS) is 18.2. The lowest BCUT2D eigenvalue weighted by Gasteiger charge is -2.29. The van der Waals surface area contributed by atoms with Gasteiger partial charge in [-0.05, 0) is 38.3 Å². The molecule has 112 valence electrons. The van der Waals surface area contributed by atoms with Crippen molar-refractivity contribution in [2.75, 3.05) is 6.61 Å². The molecule has 0 aromatic carbocycles. The highest BCUT2D eigenvalue weighted by atomic mass is 19.1. The van der Waals surface area contributed by atoms with Gasteiger partial charge in [-0.3, -0.25) is 0 Å². The van der Waals surface area contributed by atoms with E-state index in [1.807, 2.05) is 0 Å².